The lowest BCUT2D eigenvalue weighted by molar-refractivity contribution is -0.159. The van der Waals surface area contributed by atoms with E-state index in [9.17, 15) is 4.79 Å². The molecule has 3 rings (SSSR count). The second-order valence-electron chi connectivity index (χ2n) is 8.42. The topological polar surface area (TPSA) is 126 Å². The molecule has 1 aromatic rings. The smallest absolute Gasteiger partial charge is 0.414 e. The number of amides is 1. The first-order valence-corrected chi connectivity index (χ1v) is 11.6. The molecular formula is C24H36N2O8. The summed E-state index contributed by atoms with van der Waals surface area (Å²) in [7, 11) is 4.91. The van der Waals surface area contributed by atoms with Gasteiger partial charge in [-0.25, -0.2) is 9.59 Å². The fourth-order valence-corrected chi connectivity index (χ4v) is 4.48. The Morgan fingerprint density at radius 3 is 2.00 bits per heavy atom. The molecule has 10 heteroatoms. The molecule has 1 unspecified atom stereocenters. The molecule has 2 heterocycles. The fourth-order valence-electron chi connectivity index (χ4n) is 4.48. The van der Waals surface area contributed by atoms with E-state index in [4.69, 9.17) is 34.0 Å². The number of rotatable bonds is 6. The minimum Gasteiger partial charge on any atom is -0.493 e. The third kappa shape index (κ3) is 7.51. The second kappa shape index (κ2) is 13.6. The van der Waals surface area contributed by atoms with Gasteiger partial charge in [0.1, 0.15) is 0 Å². The molecule has 0 spiro atoms. The van der Waals surface area contributed by atoms with E-state index in [0.29, 0.717) is 23.2 Å². The van der Waals surface area contributed by atoms with Crippen LogP contribution in [0.15, 0.2) is 12.1 Å². The molecule has 1 aromatic carbocycles. The number of carbonyl (C=O) groups is 3. The number of hydrogen-bond donors (Lipinski definition) is 2. The molecule has 0 aliphatic carbocycles. The first kappa shape index (κ1) is 27.2. The quantitative estimate of drug-likeness (QED) is 0.591. The summed E-state index contributed by atoms with van der Waals surface area (Å²) in [6.07, 6.45) is 6.84. The highest BCUT2D eigenvalue weighted by Crippen LogP contribution is 2.40. The Bertz CT molecular complexity index is 825. The Morgan fingerprint density at radius 2 is 1.47 bits per heavy atom. The molecular weight excluding hydrogens is 444 g/mol. The molecule has 10 nitrogen and oxygen atoms in total. The molecule has 0 radical (unpaired) electrons. The Labute approximate surface area is 200 Å². The van der Waals surface area contributed by atoms with Crippen molar-refractivity contribution in [2.24, 2.45) is 5.92 Å². The number of ether oxygens (including phenoxy) is 3. The van der Waals surface area contributed by atoms with Gasteiger partial charge in [-0.05, 0) is 38.3 Å². The van der Waals surface area contributed by atoms with E-state index in [1.165, 1.54) is 12.8 Å². The van der Waals surface area contributed by atoms with Gasteiger partial charge in [-0.3, -0.25) is 9.69 Å². The van der Waals surface area contributed by atoms with Crippen molar-refractivity contribution in [2.75, 3.05) is 47.5 Å². The van der Waals surface area contributed by atoms with Gasteiger partial charge in [0.05, 0.1) is 27.2 Å². The van der Waals surface area contributed by atoms with Gasteiger partial charge in [0.15, 0.2) is 11.5 Å². The number of methoxy groups -OCH3 is 3. The molecule has 2 N–H and O–H groups in total. The van der Waals surface area contributed by atoms with Crippen LogP contribution < -0.4 is 14.2 Å². The Hall–Kier alpha value is -3.01. The molecule has 1 amide bonds. The molecule has 2 aliphatic rings. The number of carboxylic acid groups (broad SMARTS) is 2. The third-order valence-corrected chi connectivity index (χ3v) is 6.14. The van der Waals surface area contributed by atoms with Crippen molar-refractivity contribution in [1.82, 2.24) is 9.80 Å². The Morgan fingerprint density at radius 1 is 0.853 bits per heavy atom. The lowest BCUT2D eigenvalue weighted by Crippen LogP contribution is -2.44. The van der Waals surface area contributed by atoms with Gasteiger partial charge in [-0.2, -0.15) is 0 Å². The summed E-state index contributed by atoms with van der Waals surface area (Å²) in [6.45, 7) is 4.42. The zero-order chi connectivity index (χ0) is 25.1. The van der Waals surface area contributed by atoms with Crippen LogP contribution in [0.4, 0.5) is 0 Å². The number of aliphatic carboxylic acids is 2. The van der Waals surface area contributed by atoms with Gasteiger partial charge in [-0.1, -0.05) is 18.9 Å². The Kier molecular flexibility index (Phi) is 10.9. The molecule has 0 bridgehead atoms. The van der Waals surface area contributed by atoms with E-state index in [1.807, 2.05) is 12.1 Å². The van der Waals surface area contributed by atoms with Gasteiger partial charge in [0.25, 0.3) is 0 Å². The van der Waals surface area contributed by atoms with Crippen molar-refractivity contribution in [3.63, 3.8) is 0 Å². The van der Waals surface area contributed by atoms with Crippen LogP contribution in [0, 0.1) is 5.92 Å². The maximum atomic E-state index is 13.0. The van der Waals surface area contributed by atoms with Crippen LogP contribution >= 0.6 is 0 Å². The number of likely N-dealkylation sites (tertiary alicyclic amines) is 2. The maximum absolute atomic E-state index is 13.0. The van der Waals surface area contributed by atoms with Gasteiger partial charge < -0.3 is 29.3 Å². The molecule has 2 saturated heterocycles. The number of piperidine rings is 1. The van der Waals surface area contributed by atoms with E-state index >= 15 is 0 Å². The summed E-state index contributed by atoms with van der Waals surface area (Å²) in [5, 5.41) is 14.8. The SMILES string of the molecule is COc1ccc(CN2CCCC(C(=O)N3CCCCCC3)C2)c(OC)c1OC.O=C(O)C(=O)O. The minimum atomic E-state index is -1.82. The first-order valence-electron chi connectivity index (χ1n) is 11.6. The van der Waals surface area contributed by atoms with E-state index in [-0.39, 0.29) is 5.92 Å². The lowest BCUT2D eigenvalue weighted by atomic mass is 9.95. The van der Waals surface area contributed by atoms with Crippen molar-refractivity contribution in [3.8, 4) is 17.2 Å². The lowest BCUT2D eigenvalue weighted by Gasteiger charge is -2.35. The van der Waals surface area contributed by atoms with Crippen LogP contribution in [0.5, 0.6) is 17.2 Å². The van der Waals surface area contributed by atoms with Crippen LogP contribution in [0.2, 0.25) is 0 Å². The number of benzene rings is 1. The summed E-state index contributed by atoms with van der Waals surface area (Å²) in [5.74, 6) is -1.19. The first-order chi connectivity index (χ1) is 16.3. The standard InChI is InChI=1S/C22H34N2O4.C2H2O4/c1-26-19-11-10-17(20(27-2)21(19)28-3)15-23-12-8-9-18(16-23)22(25)24-13-6-4-5-7-14-24;3-1(4)2(5)6/h10-11,18H,4-9,12-16H2,1-3H3;(H,3,4)(H,5,6). The van der Waals surface area contributed by atoms with Crippen molar-refractivity contribution in [2.45, 2.75) is 45.1 Å². The van der Waals surface area contributed by atoms with Gasteiger partial charge >= 0.3 is 11.9 Å². The molecule has 34 heavy (non-hydrogen) atoms. The molecule has 2 aliphatic heterocycles. The molecule has 0 aromatic heterocycles. The largest absolute Gasteiger partial charge is 0.493 e. The molecule has 1 atom stereocenters. The van der Waals surface area contributed by atoms with Crippen LogP contribution in [0.1, 0.15) is 44.1 Å². The highest BCUT2D eigenvalue weighted by Gasteiger charge is 2.30. The Balaban J connectivity index is 0.000000604. The number of carbonyl (C=O) groups excluding carboxylic acids is 1. The average Bonchev–Trinajstić information content (AvgIpc) is 3.13. The van der Waals surface area contributed by atoms with Gasteiger partial charge in [-0.15, -0.1) is 0 Å². The molecule has 2 fully saturated rings. The van der Waals surface area contributed by atoms with Crippen LogP contribution in [0.25, 0.3) is 0 Å². The average molecular weight is 481 g/mol. The molecule has 190 valence electrons. The maximum Gasteiger partial charge on any atom is 0.414 e. The van der Waals surface area contributed by atoms with E-state index in [1.54, 1.807) is 21.3 Å². The fraction of sp³-hybridized carbons (Fsp3) is 0.625. The number of nitrogens with zero attached hydrogens (tertiary/aromatic N) is 2. The number of carboxylic acids is 2. The number of hydrogen-bond acceptors (Lipinski definition) is 7. The minimum absolute atomic E-state index is 0.109. The van der Waals surface area contributed by atoms with Crippen molar-refractivity contribution in [1.29, 1.82) is 0 Å². The highest BCUT2D eigenvalue weighted by atomic mass is 16.5. The van der Waals surface area contributed by atoms with Gasteiger partial charge in [0.2, 0.25) is 11.7 Å². The third-order valence-electron chi connectivity index (χ3n) is 6.14. The molecule has 0 saturated carbocycles. The van der Waals surface area contributed by atoms with E-state index in [2.05, 4.69) is 9.80 Å². The van der Waals surface area contributed by atoms with Crippen LogP contribution in [-0.2, 0) is 20.9 Å². The normalized spacial score (nSPS) is 18.7. The van der Waals surface area contributed by atoms with Crippen LogP contribution in [0.3, 0.4) is 0 Å². The summed E-state index contributed by atoms with van der Waals surface area (Å²) in [6, 6.07) is 3.95. The van der Waals surface area contributed by atoms with Crippen molar-refractivity contribution >= 4 is 17.8 Å². The highest BCUT2D eigenvalue weighted by molar-refractivity contribution is 6.27. The zero-order valence-electron chi connectivity index (χ0n) is 20.2. The van der Waals surface area contributed by atoms with E-state index < -0.39 is 11.9 Å². The van der Waals surface area contributed by atoms with Crippen LogP contribution in [-0.4, -0.2) is 85.4 Å². The summed E-state index contributed by atoms with van der Waals surface area (Å²) >= 11 is 0. The zero-order valence-corrected chi connectivity index (χ0v) is 20.2. The summed E-state index contributed by atoms with van der Waals surface area (Å²) in [4.78, 5) is 35.7. The summed E-state index contributed by atoms with van der Waals surface area (Å²) in [5.41, 5.74) is 1.06. The predicted octanol–water partition coefficient (Wildman–Crippen LogP) is 2.48. The monoisotopic (exact) mass is 480 g/mol. The van der Waals surface area contributed by atoms with Crippen molar-refractivity contribution in [3.05, 3.63) is 17.7 Å². The summed E-state index contributed by atoms with van der Waals surface area (Å²) < 4.78 is 16.5. The predicted molar refractivity (Wildman–Crippen MR) is 124 cm³/mol. The second-order valence-corrected chi connectivity index (χ2v) is 8.42. The van der Waals surface area contributed by atoms with Gasteiger partial charge in [0, 0.05) is 31.7 Å². The van der Waals surface area contributed by atoms with Crippen molar-refractivity contribution < 1.29 is 38.8 Å². The van der Waals surface area contributed by atoms with E-state index in [0.717, 1.165) is 64.0 Å².